The third-order valence-electron chi connectivity index (χ3n) is 6.74. The molecule has 2 bridgehead atoms. The molecule has 5 nitrogen and oxygen atoms in total. The number of aliphatic hydroxyl groups is 1. The lowest BCUT2D eigenvalue weighted by Crippen LogP contribution is -2.45. The molecule has 4 rings (SSSR count). The summed E-state index contributed by atoms with van der Waals surface area (Å²) in [6.07, 6.45) is 5.12. The molecule has 3 fully saturated rings. The Bertz CT molecular complexity index is 623. The first-order valence-electron chi connectivity index (χ1n) is 10.1. The van der Waals surface area contributed by atoms with Crippen LogP contribution in [0.2, 0.25) is 0 Å². The Labute approximate surface area is 155 Å². The van der Waals surface area contributed by atoms with E-state index in [2.05, 4.69) is 34.5 Å². The Hall–Kier alpha value is -1.43. The quantitative estimate of drug-likeness (QED) is 0.748. The second-order valence-electron chi connectivity index (χ2n) is 8.48. The third-order valence-corrected chi connectivity index (χ3v) is 6.74. The lowest BCUT2D eigenvalue weighted by Gasteiger charge is -2.29. The van der Waals surface area contributed by atoms with Crippen LogP contribution < -0.4 is 11.1 Å². The number of likely N-dealkylation sites (tertiary alicyclic amines) is 1. The second kappa shape index (κ2) is 7.67. The first-order valence-corrected chi connectivity index (χ1v) is 10.1. The number of nitrogens with one attached hydrogen (secondary N) is 1. The number of hydrogen-bond acceptors (Lipinski definition) is 4. The van der Waals surface area contributed by atoms with E-state index in [1.54, 1.807) is 0 Å². The van der Waals surface area contributed by atoms with Gasteiger partial charge in [0.1, 0.15) is 0 Å². The maximum atomic E-state index is 12.6. The van der Waals surface area contributed by atoms with Gasteiger partial charge in [-0.2, -0.15) is 0 Å². The maximum Gasteiger partial charge on any atom is 0.225 e. The molecule has 1 aromatic rings. The summed E-state index contributed by atoms with van der Waals surface area (Å²) in [5.41, 5.74) is 8.69. The van der Waals surface area contributed by atoms with Gasteiger partial charge in [0, 0.05) is 32.2 Å². The smallest absolute Gasteiger partial charge is 0.225 e. The van der Waals surface area contributed by atoms with E-state index < -0.39 is 0 Å². The van der Waals surface area contributed by atoms with Gasteiger partial charge in [-0.3, -0.25) is 9.69 Å². The van der Waals surface area contributed by atoms with Crippen LogP contribution >= 0.6 is 0 Å². The standard InChI is InChI=1S/C21H31N3O2/c22-20-17-6-5-16(11-17)19(20)21(26)23-12-14-1-3-15(4-2-14)13-24-9-7-18(25)8-10-24/h1-4,16-20,25H,5-13,22H2,(H,23,26). The van der Waals surface area contributed by atoms with Crippen molar-refractivity contribution < 1.29 is 9.90 Å². The molecule has 0 radical (unpaired) electrons. The zero-order valence-electron chi connectivity index (χ0n) is 15.4. The molecule has 4 unspecified atom stereocenters. The molecule has 142 valence electrons. The first-order chi connectivity index (χ1) is 12.6. The highest BCUT2D eigenvalue weighted by atomic mass is 16.3. The van der Waals surface area contributed by atoms with E-state index in [0.717, 1.165) is 44.5 Å². The molecule has 1 aliphatic heterocycles. The van der Waals surface area contributed by atoms with E-state index in [1.165, 1.54) is 18.4 Å². The summed E-state index contributed by atoms with van der Waals surface area (Å²) < 4.78 is 0. The number of amides is 1. The van der Waals surface area contributed by atoms with Gasteiger partial charge in [0.15, 0.2) is 0 Å². The fourth-order valence-corrected chi connectivity index (χ4v) is 5.13. The zero-order chi connectivity index (χ0) is 18.1. The van der Waals surface area contributed by atoms with E-state index >= 15 is 0 Å². The molecule has 2 aliphatic carbocycles. The third kappa shape index (κ3) is 3.80. The molecule has 3 aliphatic rings. The minimum Gasteiger partial charge on any atom is -0.393 e. The summed E-state index contributed by atoms with van der Waals surface area (Å²) in [6.45, 7) is 3.43. The summed E-state index contributed by atoms with van der Waals surface area (Å²) in [4.78, 5) is 14.9. The highest BCUT2D eigenvalue weighted by molar-refractivity contribution is 5.80. The van der Waals surface area contributed by atoms with Crippen molar-refractivity contribution in [3.05, 3.63) is 35.4 Å². The van der Waals surface area contributed by atoms with Crippen LogP contribution in [0.15, 0.2) is 24.3 Å². The predicted octanol–water partition coefficient (Wildman–Crippen LogP) is 1.63. The van der Waals surface area contributed by atoms with Gasteiger partial charge in [0.2, 0.25) is 5.91 Å². The predicted molar refractivity (Wildman–Crippen MR) is 101 cm³/mol. The van der Waals surface area contributed by atoms with Crippen molar-refractivity contribution >= 4 is 5.91 Å². The summed E-state index contributed by atoms with van der Waals surface area (Å²) in [6, 6.07) is 8.56. The highest BCUT2D eigenvalue weighted by Crippen LogP contribution is 2.47. The van der Waals surface area contributed by atoms with Crippen LogP contribution in [0, 0.1) is 17.8 Å². The molecular weight excluding hydrogens is 326 g/mol. The lowest BCUT2D eigenvalue weighted by molar-refractivity contribution is -0.127. The van der Waals surface area contributed by atoms with Crippen molar-refractivity contribution in [3.63, 3.8) is 0 Å². The van der Waals surface area contributed by atoms with E-state index in [1.807, 2.05) is 0 Å². The average Bonchev–Trinajstić information content (AvgIpc) is 3.24. The minimum atomic E-state index is -0.125. The van der Waals surface area contributed by atoms with Crippen LogP contribution in [0.3, 0.4) is 0 Å². The molecule has 1 saturated heterocycles. The summed E-state index contributed by atoms with van der Waals surface area (Å²) in [5.74, 6) is 1.22. The number of hydrogen-bond donors (Lipinski definition) is 3. The first kappa shape index (κ1) is 18.0. The number of benzene rings is 1. The van der Waals surface area contributed by atoms with Crippen LogP contribution in [0.5, 0.6) is 0 Å². The molecule has 1 heterocycles. The molecular formula is C21H31N3O2. The normalized spacial score (nSPS) is 32.1. The van der Waals surface area contributed by atoms with Gasteiger partial charge >= 0.3 is 0 Å². The minimum absolute atomic E-state index is 0.0162. The van der Waals surface area contributed by atoms with Crippen LogP contribution in [-0.4, -0.2) is 41.1 Å². The van der Waals surface area contributed by atoms with Crippen LogP contribution in [0.4, 0.5) is 0 Å². The number of piperidine rings is 1. The maximum absolute atomic E-state index is 12.6. The van der Waals surface area contributed by atoms with Crippen molar-refractivity contribution in [2.24, 2.45) is 23.5 Å². The Morgan fingerprint density at radius 1 is 1.08 bits per heavy atom. The number of nitrogens with zero attached hydrogens (tertiary/aromatic N) is 1. The SMILES string of the molecule is NC1C2CCC(C2)C1C(=O)NCc1ccc(CN2CCC(O)CC2)cc1. The molecule has 4 N–H and O–H groups in total. The van der Waals surface area contributed by atoms with Crippen molar-refractivity contribution in [2.75, 3.05) is 13.1 Å². The van der Waals surface area contributed by atoms with Crippen LogP contribution in [-0.2, 0) is 17.9 Å². The molecule has 1 aromatic carbocycles. The molecule has 26 heavy (non-hydrogen) atoms. The Morgan fingerprint density at radius 3 is 2.38 bits per heavy atom. The van der Waals surface area contributed by atoms with Crippen LogP contribution in [0.1, 0.15) is 43.2 Å². The number of fused-ring (bicyclic) bond motifs is 2. The monoisotopic (exact) mass is 357 g/mol. The van der Waals surface area contributed by atoms with E-state index in [4.69, 9.17) is 5.73 Å². The van der Waals surface area contributed by atoms with E-state index in [0.29, 0.717) is 18.4 Å². The molecule has 0 aromatic heterocycles. The summed E-state index contributed by atoms with van der Waals surface area (Å²) in [5, 5.41) is 12.7. The number of rotatable bonds is 5. The Balaban J connectivity index is 1.26. The molecule has 0 spiro atoms. The average molecular weight is 357 g/mol. The second-order valence-corrected chi connectivity index (χ2v) is 8.48. The van der Waals surface area contributed by atoms with Crippen molar-refractivity contribution in [2.45, 2.75) is 57.3 Å². The molecule has 2 saturated carbocycles. The fraction of sp³-hybridized carbons (Fsp3) is 0.667. The summed E-state index contributed by atoms with van der Waals surface area (Å²) in [7, 11) is 0. The van der Waals surface area contributed by atoms with Gasteiger partial charge in [-0.25, -0.2) is 0 Å². The van der Waals surface area contributed by atoms with Gasteiger partial charge in [-0.15, -0.1) is 0 Å². The van der Waals surface area contributed by atoms with Gasteiger partial charge in [0.05, 0.1) is 12.0 Å². The Kier molecular flexibility index (Phi) is 5.30. The lowest BCUT2D eigenvalue weighted by atomic mass is 9.84. The van der Waals surface area contributed by atoms with Crippen LogP contribution in [0.25, 0.3) is 0 Å². The highest BCUT2D eigenvalue weighted by Gasteiger charge is 2.48. The van der Waals surface area contributed by atoms with Crippen molar-refractivity contribution in [1.82, 2.24) is 10.2 Å². The van der Waals surface area contributed by atoms with E-state index in [-0.39, 0.29) is 24.0 Å². The molecule has 5 heteroatoms. The number of nitrogens with two attached hydrogens (primary N) is 1. The summed E-state index contributed by atoms with van der Waals surface area (Å²) >= 11 is 0. The van der Waals surface area contributed by atoms with Gasteiger partial charge in [-0.1, -0.05) is 24.3 Å². The molecule has 1 amide bonds. The number of carbonyl (C=O) groups excluding carboxylic acids is 1. The van der Waals surface area contributed by atoms with Gasteiger partial charge in [-0.05, 0) is 55.1 Å². The topological polar surface area (TPSA) is 78.6 Å². The Morgan fingerprint density at radius 2 is 1.73 bits per heavy atom. The number of carbonyl (C=O) groups is 1. The van der Waals surface area contributed by atoms with Crippen molar-refractivity contribution in [1.29, 1.82) is 0 Å². The van der Waals surface area contributed by atoms with Crippen molar-refractivity contribution in [3.8, 4) is 0 Å². The number of aliphatic hydroxyl groups excluding tert-OH is 1. The zero-order valence-corrected chi connectivity index (χ0v) is 15.4. The van der Waals surface area contributed by atoms with Gasteiger partial charge in [0.25, 0.3) is 0 Å². The largest absolute Gasteiger partial charge is 0.393 e. The molecule has 4 atom stereocenters. The van der Waals surface area contributed by atoms with Gasteiger partial charge < -0.3 is 16.2 Å². The van der Waals surface area contributed by atoms with E-state index in [9.17, 15) is 9.90 Å². The fourth-order valence-electron chi connectivity index (χ4n) is 5.13.